The van der Waals surface area contributed by atoms with Crippen LogP contribution in [0.15, 0.2) is 36.2 Å². The summed E-state index contributed by atoms with van der Waals surface area (Å²) in [6.45, 7) is 7.69. The van der Waals surface area contributed by atoms with E-state index in [0.717, 1.165) is 42.6 Å². The molecule has 1 aliphatic rings. The van der Waals surface area contributed by atoms with Crippen LogP contribution in [0.2, 0.25) is 0 Å². The second-order valence-corrected chi connectivity index (χ2v) is 7.18. The lowest BCUT2D eigenvalue weighted by molar-refractivity contribution is 0.153. The van der Waals surface area contributed by atoms with Crippen molar-refractivity contribution in [2.45, 2.75) is 39.6 Å². The lowest BCUT2D eigenvalue weighted by Gasteiger charge is -2.34. The van der Waals surface area contributed by atoms with Crippen molar-refractivity contribution < 1.29 is 4.74 Å². The standard InChI is InChI=1S/C18H21N5OS/c1-13-17(25-12-21-13)10-22-6-7-23-15(8-20-18(23)14(22)2)11-24-16-4-3-5-19-9-16/h3-5,8-9,12,14H,6-7,10-11H2,1-2H3/t14-/m0/s1. The fraction of sp³-hybridized carbons (Fsp3) is 0.389. The first-order valence-corrected chi connectivity index (χ1v) is 9.30. The smallest absolute Gasteiger partial charge is 0.138 e. The van der Waals surface area contributed by atoms with Gasteiger partial charge >= 0.3 is 0 Å². The number of aryl methyl sites for hydroxylation is 1. The maximum atomic E-state index is 5.84. The van der Waals surface area contributed by atoms with Gasteiger partial charge in [0.25, 0.3) is 0 Å². The van der Waals surface area contributed by atoms with Crippen LogP contribution in [0.3, 0.4) is 0 Å². The highest BCUT2D eigenvalue weighted by molar-refractivity contribution is 7.09. The first kappa shape index (κ1) is 16.2. The largest absolute Gasteiger partial charge is 0.486 e. The Balaban J connectivity index is 1.46. The zero-order valence-electron chi connectivity index (χ0n) is 14.4. The average molecular weight is 355 g/mol. The molecular weight excluding hydrogens is 334 g/mol. The third-order valence-electron chi connectivity index (χ3n) is 4.71. The summed E-state index contributed by atoms with van der Waals surface area (Å²) in [6, 6.07) is 4.08. The lowest BCUT2D eigenvalue weighted by Crippen LogP contribution is -2.37. The zero-order valence-corrected chi connectivity index (χ0v) is 15.2. The summed E-state index contributed by atoms with van der Waals surface area (Å²) in [6.07, 6.45) is 5.41. The van der Waals surface area contributed by atoms with Gasteiger partial charge in [0.05, 0.1) is 35.3 Å². The SMILES string of the molecule is Cc1ncsc1CN1CCn2c(COc3cccnc3)cnc2[C@@H]1C. The van der Waals surface area contributed by atoms with Gasteiger partial charge in [-0.1, -0.05) is 0 Å². The number of nitrogens with zero attached hydrogens (tertiary/aromatic N) is 5. The van der Waals surface area contributed by atoms with Crippen LogP contribution in [-0.2, 0) is 19.7 Å². The molecule has 0 aromatic carbocycles. The van der Waals surface area contributed by atoms with E-state index in [2.05, 4.69) is 38.3 Å². The molecule has 4 rings (SSSR count). The third-order valence-corrected chi connectivity index (χ3v) is 5.63. The number of ether oxygens (including phenoxy) is 1. The summed E-state index contributed by atoms with van der Waals surface area (Å²) in [5, 5.41) is 0. The highest BCUT2D eigenvalue weighted by Crippen LogP contribution is 2.28. The molecule has 0 saturated heterocycles. The Morgan fingerprint density at radius 1 is 1.28 bits per heavy atom. The van der Waals surface area contributed by atoms with Crippen LogP contribution < -0.4 is 4.74 Å². The van der Waals surface area contributed by atoms with E-state index in [1.165, 1.54) is 4.88 Å². The highest BCUT2D eigenvalue weighted by atomic mass is 32.1. The molecule has 0 amide bonds. The van der Waals surface area contributed by atoms with Crippen molar-refractivity contribution >= 4 is 11.3 Å². The van der Waals surface area contributed by atoms with Gasteiger partial charge in [0.2, 0.25) is 0 Å². The van der Waals surface area contributed by atoms with Gasteiger partial charge in [-0.3, -0.25) is 9.88 Å². The molecule has 0 bridgehead atoms. The predicted octanol–water partition coefficient (Wildman–Crippen LogP) is 3.20. The second kappa shape index (κ2) is 6.93. The first-order valence-electron chi connectivity index (χ1n) is 8.42. The fourth-order valence-electron chi connectivity index (χ4n) is 3.19. The summed E-state index contributed by atoms with van der Waals surface area (Å²) in [5.74, 6) is 1.89. The van der Waals surface area contributed by atoms with Crippen molar-refractivity contribution in [1.82, 2.24) is 24.4 Å². The monoisotopic (exact) mass is 355 g/mol. The number of pyridine rings is 1. The first-order chi connectivity index (χ1) is 12.2. The van der Waals surface area contributed by atoms with E-state index >= 15 is 0 Å². The van der Waals surface area contributed by atoms with E-state index in [-0.39, 0.29) is 6.04 Å². The van der Waals surface area contributed by atoms with Crippen LogP contribution in [0, 0.1) is 6.92 Å². The summed E-state index contributed by atoms with van der Waals surface area (Å²) in [4.78, 5) is 16.9. The molecule has 1 aliphatic heterocycles. The topological polar surface area (TPSA) is 56.1 Å². The molecule has 0 spiro atoms. The molecule has 130 valence electrons. The molecule has 0 N–H and O–H groups in total. The number of rotatable bonds is 5. The molecule has 0 fully saturated rings. The Labute approximate surface area is 151 Å². The van der Waals surface area contributed by atoms with Gasteiger partial charge in [0, 0.05) is 30.7 Å². The molecule has 4 heterocycles. The predicted molar refractivity (Wildman–Crippen MR) is 96.5 cm³/mol. The minimum Gasteiger partial charge on any atom is -0.486 e. The molecule has 25 heavy (non-hydrogen) atoms. The Morgan fingerprint density at radius 2 is 2.20 bits per heavy atom. The van der Waals surface area contributed by atoms with Gasteiger partial charge in [-0.05, 0) is 26.0 Å². The van der Waals surface area contributed by atoms with Gasteiger partial charge in [0.1, 0.15) is 18.2 Å². The second-order valence-electron chi connectivity index (χ2n) is 6.24. The maximum absolute atomic E-state index is 5.84. The van der Waals surface area contributed by atoms with E-state index in [4.69, 9.17) is 4.74 Å². The van der Waals surface area contributed by atoms with Gasteiger partial charge in [-0.15, -0.1) is 11.3 Å². The van der Waals surface area contributed by atoms with Gasteiger partial charge in [-0.2, -0.15) is 0 Å². The Hall–Kier alpha value is -2.25. The lowest BCUT2D eigenvalue weighted by atomic mass is 10.2. The number of aromatic nitrogens is 4. The summed E-state index contributed by atoms with van der Waals surface area (Å²) < 4.78 is 8.12. The van der Waals surface area contributed by atoms with Crippen molar-refractivity contribution in [2.24, 2.45) is 0 Å². The van der Waals surface area contributed by atoms with Crippen LogP contribution in [0.1, 0.15) is 35.1 Å². The van der Waals surface area contributed by atoms with Crippen molar-refractivity contribution in [2.75, 3.05) is 6.54 Å². The van der Waals surface area contributed by atoms with Crippen molar-refractivity contribution in [3.8, 4) is 5.75 Å². The molecule has 6 nitrogen and oxygen atoms in total. The van der Waals surface area contributed by atoms with Crippen LogP contribution >= 0.6 is 11.3 Å². The number of hydrogen-bond acceptors (Lipinski definition) is 6. The Kier molecular flexibility index (Phi) is 4.50. The minimum atomic E-state index is 0.280. The quantitative estimate of drug-likeness (QED) is 0.703. The number of fused-ring (bicyclic) bond motifs is 1. The van der Waals surface area contributed by atoms with Crippen LogP contribution in [0.25, 0.3) is 0 Å². The van der Waals surface area contributed by atoms with Gasteiger partial charge < -0.3 is 9.30 Å². The average Bonchev–Trinajstić information content (AvgIpc) is 3.23. The molecule has 0 aliphatic carbocycles. The summed E-state index contributed by atoms with van der Waals surface area (Å²) >= 11 is 1.73. The Bertz CT molecular complexity index is 844. The Morgan fingerprint density at radius 3 is 2.96 bits per heavy atom. The molecule has 0 radical (unpaired) electrons. The molecule has 3 aromatic rings. The van der Waals surface area contributed by atoms with Gasteiger partial charge in [-0.25, -0.2) is 9.97 Å². The number of imidazole rings is 1. The van der Waals surface area contributed by atoms with E-state index in [1.54, 1.807) is 23.7 Å². The van der Waals surface area contributed by atoms with E-state index in [9.17, 15) is 0 Å². The molecule has 0 unspecified atom stereocenters. The van der Waals surface area contributed by atoms with Gasteiger partial charge in [0.15, 0.2) is 0 Å². The van der Waals surface area contributed by atoms with Crippen molar-refractivity contribution in [3.63, 3.8) is 0 Å². The van der Waals surface area contributed by atoms with Crippen LogP contribution in [0.4, 0.5) is 0 Å². The molecule has 7 heteroatoms. The van der Waals surface area contributed by atoms with Crippen LogP contribution in [0.5, 0.6) is 5.75 Å². The summed E-state index contributed by atoms with van der Waals surface area (Å²) in [5.41, 5.74) is 4.17. The molecule has 0 saturated carbocycles. The molecular formula is C18H21N5OS. The summed E-state index contributed by atoms with van der Waals surface area (Å²) in [7, 11) is 0. The fourth-order valence-corrected chi connectivity index (χ4v) is 3.99. The minimum absolute atomic E-state index is 0.280. The van der Waals surface area contributed by atoms with Crippen molar-refractivity contribution in [3.05, 3.63) is 58.3 Å². The van der Waals surface area contributed by atoms with E-state index in [0.29, 0.717) is 6.61 Å². The van der Waals surface area contributed by atoms with Crippen molar-refractivity contribution in [1.29, 1.82) is 0 Å². The molecule has 1 atom stereocenters. The third kappa shape index (κ3) is 3.29. The number of hydrogen-bond donors (Lipinski definition) is 0. The maximum Gasteiger partial charge on any atom is 0.138 e. The van der Waals surface area contributed by atoms with E-state index < -0.39 is 0 Å². The highest BCUT2D eigenvalue weighted by Gasteiger charge is 2.27. The number of thiazole rings is 1. The molecule has 3 aromatic heterocycles. The van der Waals surface area contributed by atoms with Crippen LogP contribution in [-0.4, -0.2) is 31.0 Å². The zero-order chi connectivity index (χ0) is 17.2. The van der Waals surface area contributed by atoms with E-state index in [1.807, 2.05) is 23.8 Å². The normalized spacial score (nSPS) is 17.4.